The second-order valence-electron chi connectivity index (χ2n) is 3.74. The molecule has 1 N–H and O–H groups in total. The molecule has 0 unspecified atom stereocenters. The van der Waals surface area contributed by atoms with Crippen molar-refractivity contribution in [2.24, 2.45) is 0 Å². The highest BCUT2D eigenvalue weighted by Crippen LogP contribution is 2.25. The Morgan fingerprint density at radius 3 is 2.44 bits per heavy atom. The van der Waals surface area contributed by atoms with E-state index in [0.29, 0.717) is 15.6 Å². The first kappa shape index (κ1) is 12.9. The number of Topliss-reactive ketones (excluding diaryl/α,β-unsaturated/α-hetero) is 1. The van der Waals surface area contributed by atoms with E-state index in [4.69, 9.17) is 23.2 Å². The summed E-state index contributed by atoms with van der Waals surface area (Å²) < 4.78 is 0. The molecule has 0 aliphatic carbocycles. The van der Waals surface area contributed by atoms with Gasteiger partial charge in [-0.15, -0.1) is 0 Å². The molecular formula is C14H11Cl2NO. The second kappa shape index (κ2) is 5.89. The predicted octanol–water partition coefficient (Wildman–Crippen LogP) is 4.29. The standard InChI is InChI=1S/C14H11Cl2NO/c15-12-8-4-7-11(14(12)16)13(18)9-17-10-5-2-1-3-6-10/h1-8,17H,9H2. The van der Waals surface area contributed by atoms with Crippen LogP contribution in [0.2, 0.25) is 10.0 Å². The van der Waals surface area contributed by atoms with Crippen molar-refractivity contribution >= 4 is 34.7 Å². The first-order chi connectivity index (χ1) is 8.68. The van der Waals surface area contributed by atoms with Gasteiger partial charge in [-0.2, -0.15) is 0 Å². The summed E-state index contributed by atoms with van der Waals surface area (Å²) in [4.78, 5) is 12.0. The van der Waals surface area contributed by atoms with Crippen LogP contribution in [0.4, 0.5) is 5.69 Å². The summed E-state index contributed by atoms with van der Waals surface area (Å²) in [5, 5.41) is 3.73. The summed E-state index contributed by atoms with van der Waals surface area (Å²) in [7, 11) is 0. The number of rotatable bonds is 4. The van der Waals surface area contributed by atoms with E-state index >= 15 is 0 Å². The molecule has 2 nitrogen and oxygen atoms in total. The van der Waals surface area contributed by atoms with Gasteiger partial charge in [-0.3, -0.25) is 4.79 Å². The smallest absolute Gasteiger partial charge is 0.183 e. The third-order valence-electron chi connectivity index (χ3n) is 2.48. The monoisotopic (exact) mass is 279 g/mol. The summed E-state index contributed by atoms with van der Waals surface area (Å²) in [6.45, 7) is 0.185. The molecule has 0 saturated heterocycles. The molecule has 92 valence electrons. The largest absolute Gasteiger partial charge is 0.378 e. The summed E-state index contributed by atoms with van der Waals surface area (Å²) in [6.07, 6.45) is 0. The predicted molar refractivity (Wildman–Crippen MR) is 75.7 cm³/mol. The van der Waals surface area contributed by atoms with Gasteiger partial charge >= 0.3 is 0 Å². The topological polar surface area (TPSA) is 29.1 Å². The molecule has 18 heavy (non-hydrogen) atoms. The molecule has 0 bridgehead atoms. The number of halogens is 2. The molecule has 0 atom stereocenters. The number of carbonyl (C=O) groups excluding carboxylic acids is 1. The average molecular weight is 280 g/mol. The number of anilines is 1. The Labute approximate surface area is 116 Å². The van der Waals surface area contributed by atoms with E-state index < -0.39 is 0 Å². The molecule has 2 aromatic carbocycles. The molecule has 0 aromatic heterocycles. The quantitative estimate of drug-likeness (QED) is 0.846. The van der Waals surface area contributed by atoms with Crippen LogP contribution in [0.3, 0.4) is 0 Å². The third kappa shape index (κ3) is 3.03. The lowest BCUT2D eigenvalue weighted by atomic mass is 10.1. The number of carbonyl (C=O) groups is 1. The van der Waals surface area contributed by atoms with Crippen molar-refractivity contribution in [1.29, 1.82) is 0 Å². The minimum atomic E-state index is -0.0913. The van der Waals surface area contributed by atoms with Gasteiger partial charge in [-0.1, -0.05) is 47.5 Å². The van der Waals surface area contributed by atoms with Gasteiger partial charge in [0.1, 0.15) is 0 Å². The van der Waals surface area contributed by atoms with Crippen molar-refractivity contribution in [2.45, 2.75) is 0 Å². The molecule has 0 aliphatic rings. The SMILES string of the molecule is O=C(CNc1ccccc1)c1cccc(Cl)c1Cl. The molecule has 4 heteroatoms. The lowest BCUT2D eigenvalue weighted by Gasteiger charge is -2.07. The molecule has 0 saturated carbocycles. The van der Waals surface area contributed by atoms with E-state index in [9.17, 15) is 4.79 Å². The fourth-order valence-electron chi connectivity index (χ4n) is 1.55. The summed E-state index contributed by atoms with van der Waals surface area (Å²) in [6, 6.07) is 14.6. The number of benzene rings is 2. The van der Waals surface area contributed by atoms with E-state index in [1.54, 1.807) is 18.2 Å². The molecule has 0 spiro atoms. The fraction of sp³-hybridized carbons (Fsp3) is 0.0714. The third-order valence-corrected chi connectivity index (χ3v) is 3.30. The maximum atomic E-state index is 12.0. The van der Waals surface area contributed by atoms with Crippen LogP contribution in [0.1, 0.15) is 10.4 Å². The van der Waals surface area contributed by atoms with Gasteiger partial charge in [-0.25, -0.2) is 0 Å². The zero-order chi connectivity index (χ0) is 13.0. The van der Waals surface area contributed by atoms with Gasteiger partial charge in [0.15, 0.2) is 5.78 Å². The molecule has 0 fully saturated rings. The Bertz CT molecular complexity index is 555. The van der Waals surface area contributed by atoms with E-state index in [-0.39, 0.29) is 12.3 Å². The Morgan fingerprint density at radius 1 is 1.00 bits per heavy atom. The van der Waals surface area contributed by atoms with Crippen LogP contribution in [0.5, 0.6) is 0 Å². The van der Waals surface area contributed by atoms with Crippen LogP contribution in [0.15, 0.2) is 48.5 Å². The van der Waals surface area contributed by atoms with Gasteiger partial charge < -0.3 is 5.32 Å². The van der Waals surface area contributed by atoms with Crippen LogP contribution < -0.4 is 5.32 Å². The lowest BCUT2D eigenvalue weighted by Crippen LogP contribution is -2.14. The minimum absolute atomic E-state index is 0.0913. The van der Waals surface area contributed by atoms with Gasteiger partial charge in [0, 0.05) is 11.3 Å². The minimum Gasteiger partial charge on any atom is -0.378 e. The van der Waals surface area contributed by atoms with Crippen molar-refractivity contribution in [1.82, 2.24) is 0 Å². The zero-order valence-corrected chi connectivity index (χ0v) is 11.0. The van der Waals surface area contributed by atoms with E-state index in [0.717, 1.165) is 5.69 Å². The summed E-state index contributed by atoms with van der Waals surface area (Å²) >= 11 is 11.9. The molecule has 0 amide bonds. The van der Waals surface area contributed by atoms with Crippen molar-refractivity contribution in [3.05, 3.63) is 64.1 Å². The Morgan fingerprint density at radius 2 is 1.72 bits per heavy atom. The zero-order valence-electron chi connectivity index (χ0n) is 9.49. The maximum Gasteiger partial charge on any atom is 0.183 e. The van der Waals surface area contributed by atoms with E-state index in [2.05, 4.69) is 5.32 Å². The molecule has 0 heterocycles. The Balaban J connectivity index is 2.07. The maximum absolute atomic E-state index is 12.0. The van der Waals surface area contributed by atoms with E-state index in [1.165, 1.54) is 0 Å². The average Bonchev–Trinajstić information content (AvgIpc) is 2.40. The van der Waals surface area contributed by atoms with Gasteiger partial charge in [0.05, 0.1) is 16.6 Å². The van der Waals surface area contributed by atoms with Crippen molar-refractivity contribution in [2.75, 3.05) is 11.9 Å². The molecule has 2 rings (SSSR count). The highest BCUT2D eigenvalue weighted by molar-refractivity contribution is 6.44. The van der Waals surface area contributed by atoms with Crippen LogP contribution in [-0.2, 0) is 0 Å². The lowest BCUT2D eigenvalue weighted by molar-refractivity contribution is 0.101. The van der Waals surface area contributed by atoms with Gasteiger partial charge in [-0.05, 0) is 24.3 Å². The highest BCUT2D eigenvalue weighted by Gasteiger charge is 2.12. The van der Waals surface area contributed by atoms with Crippen LogP contribution in [0.25, 0.3) is 0 Å². The number of nitrogens with one attached hydrogen (secondary N) is 1. The van der Waals surface area contributed by atoms with Crippen LogP contribution >= 0.6 is 23.2 Å². The summed E-state index contributed by atoms with van der Waals surface area (Å²) in [5.74, 6) is -0.0913. The number of para-hydroxylation sites is 1. The number of ketones is 1. The highest BCUT2D eigenvalue weighted by atomic mass is 35.5. The Hall–Kier alpha value is -1.51. The Kier molecular flexibility index (Phi) is 4.24. The van der Waals surface area contributed by atoms with Crippen LogP contribution in [0, 0.1) is 0 Å². The van der Waals surface area contributed by atoms with Gasteiger partial charge in [0.2, 0.25) is 0 Å². The fourth-order valence-corrected chi connectivity index (χ4v) is 1.96. The van der Waals surface area contributed by atoms with Gasteiger partial charge in [0.25, 0.3) is 0 Å². The molecular weight excluding hydrogens is 269 g/mol. The van der Waals surface area contributed by atoms with Crippen molar-refractivity contribution in [3.63, 3.8) is 0 Å². The molecule has 0 radical (unpaired) electrons. The summed E-state index contributed by atoms with van der Waals surface area (Å²) in [5.41, 5.74) is 1.33. The molecule has 0 aliphatic heterocycles. The number of hydrogen-bond acceptors (Lipinski definition) is 2. The van der Waals surface area contributed by atoms with Crippen LogP contribution in [-0.4, -0.2) is 12.3 Å². The van der Waals surface area contributed by atoms with Crippen molar-refractivity contribution in [3.8, 4) is 0 Å². The van der Waals surface area contributed by atoms with Crippen molar-refractivity contribution < 1.29 is 4.79 Å². The normalized spacial score (nSPS) is 10.1. The first-order valence-electron chi connectivity index (χ1n) is 5.44. The van der Waals surface area contributed by atoms with E-state index in [1.807, 2.05) is 30.3 Å². The molecule has 2 aromatic rings. The number of hydrogen-bond donors (Lipinski definition) is 1. The second-order valence-corrected chi connectivity index (χ2v) is 4.53. The first-order valence-corrected chi connectivity index (χ1v) is 6.20.